The van der Waals surface area contributed by atoms with Gasteiger partial charge >= 0.3 is 0 Å². The minimum absolute atomic E-state index is 0.000812. The van der Waals surface area contributed by atoms with Crippen molar-refractivity contribution in [1.82, 2.24) is 4.57 Å². The van der Waals surface area contributed by atoms with Crippen molar-refractivity contribution in [3.05, 3.63) is 65.2 Å². The fourth-order valence-corrected chi connectivity index (χ4v) is 4.41. The minimum Gasteiger partial charge on any atom is -0.347 e. The third-order valence-electron chi connectivity index (χ3n) is 4.74. The molecule has 3 aromatic rings. The Morgan fingerprint density at radius 1 is 1.17 bits per heavy atom. The molecule has 0 aliphatic heterocycles. The minimum atomic E-state index is -3.99. The third kappa shape index (κ3) is 4.44. The van der Waals surface area contributed by atoms with E-state index in [1.54, 1.807) is 0 Å². The highest BCUT2D eigenvalue weighted by Crippen LogP contribution is 2.27. The van der Waals surface area contributed by atoms with Gasteiger partial charge in [-0.2, -0.15) is 5.26 Å². The average molecular weight is 422 g/mol. The van der Waals surface area contributed by atoms with Gasteiger partial charge in [-0.1, -0.05) is 31.5 Å². The molecule has 0 radical (unpaired) electrons. The molecule has 6 nitrogen and oxygen atoms in total. The number of unbranched alkanes of at least 4 members (excludes halogenated alkanes) is 1. The summed E-state index contributed by atoms with van der Waals surface area (Å²) < 4.78 is 28.2. The molecule has 2 aromatic carbocycles. The van der Waals surface area contributed by atoms with Crippen molar-refractivity contribution in [2.24, 2.45) is 0 Å². The van der Waals surface area contributed by atoms with E-state index < -0.39 is 9.84 Å². The van der Waals surface area contributed by atoms with E-state index in [0.717, 1.165) is 30.3 Å². The highest BCUT2D eigenvalue weighted by molar-refractivity contribution is 7.95. The van der Waals surface area contributed by atoms with Crippen LogP contribution in [-0.2, 0) is 21.2 Å². The molecule has 30 heavy (non-hydrogen) atoms. The number of aromatic nitrogens is 1. The fraction of sp³-hybridized carbons (Fsp3) is 0.217. The number of carbonyl (C=O) groups excluding carboxylic acids is 1. The number of rotatable bonds is 7. The molecule has 0 spiro atoms. The number of allylic oxidation sites excluding steroid dienone is 1. The molecule has 0 saturated heterocycles. The van der Waals surface area contributed by atoms with E-state index in [1.807, 2.05) is 36.5 Å². The summed E-state index contributed by atoms with van der Waals surface area (Å²) in [7, 11) is -3.99. The van der Waals surface area contributed by atoms with Crippen LogP contribution < -0.4 is 5.32 Å². The number of para-hydroxylation sites is 1. The molecule has 0 fully saturated rings. The van der Waals surface area contributed by atoms with E-state index in [1.165, 1.54) is 37.3 Å². The van der Waals surface area contributed by atoms with Crippen LogP contribution in [0.1, 0.15) is 32.3 Å². The Labute approximate surface area is 176 Å². The van der Waals surface area contributed by atoms with Crippen molar-refractivity contribution in [2.45, 2.75) is 38.1 Å². The molecule has 0 bridgehead atoms. The Morgan fingerprint density at radius 3 is 2.50 bits per heavy atom. The lowest BCUT2D eigenvalue weighted by Crippen LogP contribution is -2.07. The number of aryl methyl sites for hydroxylation is 1. The smallest absolute Gasteiger partial charge is 0.221 e. The molecule has 7 heteroatoms. The molecule has 1 N–H and O–H groups in total. The zero-order valence-corrected chi connectivity index (χ0v) is 17.7. The molecule has 1 aromatic heterocycles. The Bertz CT molecular complexity index is 1250. The van der Waals surface area contributed by atoms with Gasteiger partial charge in [0.25, 0.3) is 0 Å². The Kier molecular flexibility index (Phi) is 6.38. The third-order valence-corrected chi connectivity index (χ3v) is 6.42. The van der Waals surface area contributed by atoms with Crippen LogP contribution in [0.25, 0.3) is 17.0 Å². The molecule has 0 aliphatic carbocycles. The number of hydrogen-bond acceptors (Lipinski definition) is 4. The lowest BCUT2D eigenvalue weighted by Gasteiger charge is -2.05. The normalized spacial score (nSPS) is 12.0. The fourth-order valence-electron chi connectivity index (χ4n) is 3.26. The first-order chi connectivity index (χ1) is 14.4. The number of fused-ring (bicyclic) bond motifs is 1. The predicted molar refractivity (Wildman–Crippen MR) is 118 cm³/mol. The number of nitrogens with one attached hydrogen (secondary N) is 1. The van der Waals surface area contributed by atoms with Crippen LogP contribution in [0.4, 0.5) is 5.69 Å². The van der Waals surface area contributed by atoms with Gasteiger partial charge < -0.3 is 9.88 Å². The first-order valence-corrected chi connectivity index (χ1v) is 11.2. The van der Waals surface area contributed by atoms with Gasteiger partial charge in [0.15, 0.2) is 0 Å². The van der Waals surface area contributed by atoms with Gasteiger partial charge in [-0.25, -0.2) is 8.42 Å². The number of amides is 1. The van der Waals surface area contributed by atoms with Crippen LogP contribution in [-0.4, -0.2) is 18.9 Å². The molecule has 3 rings (SSSR count). The summed E-state index contributed by atoms with van der Waals surface area (Å²) >= 11 is 0. The van der Waals surface area contributed by atoms with E-state index in [9.17, 15) is 18.5 Å². The van der Waals surface area contributed by atoms with Crippen molar-refractivity contribution in [1.29, 1.82) is 5.26 Å². The lowest BCUT2D eigenvalue weighted by atomic mass is 10.1. The van der Waals surface area contributed by atoms with Gasteiger partial charge in [-0.3, -0.25) is 4.79 Å². The van der Waals surface area contributed by atoms with Gasteiger partial charge in [0.1, 0.15) is 11.0 Å². The standard InChI is InChI=1S/C23H23N3O3S/c1-3-4-13-26-16-18(22-7-5-6-8-23(22)26)14-21(15-24)30(28,29)20-11-9-19(10-12-20)25-17(2)27/h5-12,14,16H,3-4,13H2,1-2H3,(H,25,27)/b21-14+. The maximum Gasteiger partial charge on any atom is 0.221 e. The van der Waals surface area contributed by atoms with Crippen molar-refractivity contribution < 1.29 is 13.2 Å². The molecule has 0 unspecified atom stereocenters. The molecule has 1 heterocycles. The predicted octanol–water partition coefficient (Wildman–Crippen LogP) is 4.74. The largest absolute Gasteiger partial charge is 0.347 e. The zero-order chi connectivity index (χ0) is 21.7. The zero-order valence-electron chi connectivity index (χ0n) is 16.9. The van der Waals surface area contributed by atoms with Crippen LogP contribution >= 0.6 is 0 Å². The van der Waals surface area contributed by atoms with Crippen LogP contribution in [0.5, 0.6) is 0 Å². The van der Waals surface area contributed by atoms with E-state index >= 15 is 0 Å². The second-order valence-corrected chi connectivity index (χ2v) is 8.90. The summed E-state index contributed by atoms with van der Waals surface area (Å²) in [6.07, 6.45) is 5.38. The first-order valence-electron chi connectivity index (χ1n) is 9.69. The van der Waals surface area contributed by atoms with Gasteiger partial charge in [0.2, 0.25) is 15.7 Å². The van der Waals surface area contributed by atoms with Gasteiger partial charge in [-0.15, -0.1) is 0 Å². The number of nitrogens with zero attached hydrogens (tertiary/aromatic N) is 2. The second-order valence-electron chi connectivity index (χ2n) is 6.98. The van der Waals surface area contributed by atoms with Gasteiger partial charge in [0.05, 0.1) is 4.90 Å². The first kappa shape index (κ1) is 21.3. The summed E-state index contributed by atoms with van der Waals surface area (Å²) in [6, 6.07) is 15.4. The number of hydrogen-bond donors (Lipinski definition) is 1. The van der Waals surface area contributed by atoms with Gasteiger partial charge in [0, 0.05) is 41.8 Å². The summed E-state index contributed by atoms with van der Waals surface area (Å²) in [5, 5.41) is 13.1. The average Bonchev–Trinajstić information content (AvgIpc) is 3.08. The van der Waals surface area contributed by atoms with Gasteiger partial charge in [-0.05, 0) is 42.8 Å². The van der Waals surface area contributed by atoms with E-state index in [-0.39, 0.29) is 15.7 Å². The number of sulfone groups is 1. The Hall–Kier alpha value is -3.37. The molecular weight excluding hydrogens is 398 g/mol. The molecule has 0 atom stereocenters. The van der Waals surface area contributed by atoms with Crippen LogP contribution in [0.2, 0.25) is 0 Å². The molecular formula is C23H23N3O3S. The second kappa shape index (κ2) is 8.97. The van der Waals surface area contributed by atoms with E-state index in [4.69, 9.17) is 0 Å². The van der Waals surface area contributed by atoms with Crippen molar-refractivity contribution in [3.8, 4) is 6.07 Å². The summed E-state index contributed by atoms with van der Waals surface area (Å²) in [5.41, 5.74) is 2.19. The SMILES string of the molecule is CCCCn1cc(/C=C(\C#N)S(=O)(=O)c2ccc(NC(C)=O)cc2)c2ccccc21. The van der Waals surface area contributed by atoms with E-state index in [2.05, 4.69) is 16.8 Å². The molecule has 0 aliphatic rings. The quantitative estimate of drug-likeness (QED) is 0.558. The molecule has 1 amide bonds. The molecule has 0 saturated carbocycles. The number of benzene rings is 2. The van der Waals surface area contributed by atoms with Crippen molar-refractivity contribution in [3.63, 3.8) is 0 Å². The number of nitriles is 1. The lowest BCUT2D eigenvalue weighted by molar-refractivity contribution is -0.114. The summed E-state index contributed by atoms with van der Waals surface area (Å²) in [4.78, 5) is 10.8. The number of carbonyl (C=O) groups is 1. The topological polar surface area (TPSA) is 92.0 Å². The Balaban J connectivity index is 2.03. The van der Waals surface area contributed by atoms with Crippen LogP contribution in [0, 0.1) is 11.3 Å². The van der Waals surface area contributed by atoms with E-state index in [0.29, 0.717) is 11.3 Å². The molecule has 154 valence electrons. The highest BCUT2D eigenvalue weighted by Gasteiger charge is 2.21. The van der Waals surface area contributed by atoms with Crippen molar-refractivity contribution in [2.75, 3.05) is 5.32 Å². The maximum atomic E-state index is 13.0. The maximum absolute atomic E-state index is 13.0. The number of anilines is 1. The monoisotopic (exact) mass is 421 g/mol. The summed E-state index contributed by atoms with van der Waals surface area (Å²) in [6.45, 7) is 4.31. The van der Waals surface area contributed by atoms with Crippen LogP contribution in [0.3, 0.4) is 0 Å². The van der Waals surface area contributed by atoms with Crippen LogP contribution in [0.15, 0.2) is 64.5 Å². The Morgan fingerprint density at radius 2 is 1.87 bits per heavy atom. The van der Waals surface area contributed by atoms with Crippen molar-refractivity contribution >= 4 is 38.4 Å². The highest BCUT2D eigenvalue weighted by atomic mass is 32.2. The summed E-state index contributed by atoms with van der Waals surface area (Å²) in [5.74, 6) is -0.248.